The van der Waals surface area contributed by atoms with Crippen LogP contribution in [0.5, 0.6) is 0 Å². The van der Waals surface area contributed by atoms with Crippen molar-refractivity contribution >= 4 is 5.91 Å². The Kier molecular flexibility index (Phi) is 4.78. The van der Waals surface area contributed by atoms with Crippen molar-refractivity contribution in [1.82, 2.24) is 10.2 Å². The van der Waals surface area contributed by atoms with Crippen LogP contribution in [-0.4, -0.2) is 43.2 Å². The molecule has 4 rings (SSSR count). The second-order valence-electron chi connectivity index (χ2n) is 7.98. The second kappa shape index (κ2) is 7.04. The summed E-state index contributed by atoms with van der Waals surface area (Å²) in [7, 11) is 0. The normalized spacial score (nSPS) is 30.0. The standard InChI is InChI=1S/C20H27FN2O2/c21-17-4-1-3-16(9-17)11-23-12-18(25-13-15-5-6-15)10-20(19(23)24)7-2-8-22-14-20/h1,3-4,9,15,18,22H,2,5-8,10-14H2/t18-,20-/m0/s1. The van der Waals surface area contributed by atoms with Gasteiger partial charge in [0.1, 0.15) is 5.82 Å². The van der Waals surface area contributed by atoms with Crippen LogP contribution in [0.3, 0.4) is 0 Å². The maximum atomic E-state index is 13.5. The Morgan fingerprint density at radius 2 is 2.24 bits per heavy atom. The Bertz CT molecular complexity index is 626. The van der Waals surface area contributed by atoms with E-state index in [4.69, 9.17) is 4.74 Å². The van der Waals surface area contributed by atoms with E-state index < -0.39 is 0 Å². The summed E-state index contributed by atoms with van der Waals surface area (Å²) < 4.78 is 19.7. The van der Waals surface area contributed by atoms with Crippen LogP contribution in [0, 0.1) is 17.2 Å². The first-order chi connectivity index (χ1) is 12.1. The number of nitrogens with one attached hydrogen (secondary N) is 1. The van der Waals surface area contributed by atoms with E-state index in [-0.39, 0.29) is 23.2 Å². The Balaban J connectivity index is 1.51. The third-order valence-electron chi connectivity index (χ3n) is 5.78. The molecule has 3 aliphatic rings. The minimum Gasteiger partial charge on any atom is -0.376 e. The Morgan fingerprint density at radius 1 is 1.36 bits per heavy atom. The van der Waals surface area contributed by atoms with Crippen molar-refractivity contribution in [2.24, 2.45) is 11.3 Å². The van der Waals surface area contributed by atoms with Crippen molar-refractivity contribution < 1.29 is 13.9 Å². The molecule has 1 amide bonds. The van der Waals surface area contributed by atoms with Gasteiger partial charge in [0.2, 0.25) is 5.91 Å². The number of rotatable bonds is 5. The van der Waals surface area contributed by atoms with Gasteiger partial charge in [-0.25, -0.2) is 4.39 Å². The largest absolute Gasteiger partial charge is 0.376 e. The number of carbonyl (C=O) groups excluding carboxylic acids is 1. The third-order valence-corrected chi connectivity index (χ3v) is 5.78. The zero-order chi connectivity index (χ0) is 17.3. The number of nitrogens with zero attached hydrogens (tertiary/aromatic N) is 1. The lowest BCUT2D eigenvalue weighted by Crippen LogP contribution is -2.59. The number of carbonyl (C=O) groups is 1. The predicted octanol–water partition coefficient (Wildman–Crippen LogP) is 2.72. The van der Waals surface area contributed by atoms with Crippen molar-refractivity contribution in [3.8, 4) is 0 Å². The van der Waals surface area contributed by atoms with Gasteiger partial charge >= 0.3 is 0 Å². The Hall–Kier alpha value is -1.46. The van der Waals surface area contributed by atoms with Gasteiger partial charge in [0.15, 0.2) is 0 Å². The monoisotopic (exact) mass is 346 g/mol. The van der Waals surface area contributed by atoms with Gasteiger partial charge in [0.05, 0.1) is 11.5 Å². The summed E-state index contributed by atoms with van der Waals surface area (Å²) in [6, 6.07) is 6.55. The lowest BCUT2D eigenvalue weighted by Gasteiger charge is -2.47. The van der Waals surface area contributed by atoms with Gasteiger partial charge in [-0.15, -0.1) is 0 Å². The second-order valence-corrected chi connectivity index (χ2v) is 7.98. The van der Waals surface area contributed by atoms with Crippen LogP contribution < -0.4 is 5.32 Å². The van der Waals surface area contributed by atoms with E-state index >= 15 is 0 Å². The van der Waals surface area contributed by atoms with Gasteiger partial charge < -0.3 is 15.0 Å². The van der Waals surface area contributed by atoms with Crippen molar-refractivity contribution in [3.63, 3.8) is 0 Å². The molecule has 1 aliphatic carbocycles. The molecule has 1 spiro atoms. The molecule has 5 heteroatoms. The van der Waals surface area contributed by atoms with E-state index in [2.05, 4.69) is 5.32 Å². The zero-order valence-electron chi connectivity index (χ0n) is 14.7. The van der Waals surface area contributed by atoms with E-state index in [1.807, 2.05) is 11.0 Å². The molecule has 2 aliphatic heterocycles. The number of halogens is 1. The van der Waals surface area contributed by atoms with E-state index in [1.165, 1.54) is 25.0 Å². The maximum absolute atomic E-state index is 13.5. The van der Waals surface area contributed by atoms with Crippen molar-refractivity contribution in [1.29, 1.82) is 0 Å². The summed E-state index contributed by atoms with van der Waals surface area (Å²) in [6.07, 6.45) is 5.38. The highest BCUT2D eigenvalue weighted by Crippen LogP contribution is 2.39. The number of ether oxygens (including phenoxy) is 1. The molecule has 1 aromatic rings. The summed E-state index contributed by atoms with van der Waals surface area (Å²) in [5.74, 6) is 0.669. The molecular formula is C20H27FN2O2. The number of likely N-dealkylation sites (tertiary alicyclic amines) is 1. The van der Waals surface area contributed by atoms with Gasteiger partial charge in [-0.1, -0.05) is 12.1 Å². The topological polar surface area (TPSA) is 41.6 Å². The van der Waals surface area contributed by atoms with E-state index in [1.54, 1.807) is 6.07 Å². The Morgan fingerprint density at radius 3 is 2.96 bits per heavy atom. The van der Waals surface area contributed by atoms with Gasteiger partial charge in [-0.05, 0) is 62.3 Å². The fourth-order valence-corrected chi connectivity index (χ4v) is 4.24. The van der Waals surface area contributed by atoms with Crippen LogP contribution >= 0.6 is 0 Å². The van der Waals surface area contributed by atoms with Crippen molar-refractivity contribution in [2.75, 3.05) is 26.2 Å². The third kappa shape index (κ3) is 3.87. The molecular weight excluding hydrogens is 319 g/mol. The summed E-state index contributed by atoms with van der Waals surface area (Å²) in [6.45, 7) is 3.60. The molecule has 1 aromatic carbocycles. The average molecular weight is 346 g/mol. The lowest BCUT2D eigenvalue weighted by atomic mass is 9.72. The molecule has 4 nitrogen and oxygen atoms in total. The van der Waals surface area contributed by atoms with Gasteiger partial charge in [0, 0.05) is 26.2 Å². The minimum absolute atomic E-state index is 0.0896. The number of hydrogen-bond acceptors (Lipinski definition) is 3. The van der Waals surface area contributed by atoms with Crippen LogP contribution in [-0.2, 0) is 16.1 Å². The molecule has 136 valence electrons. The highest BCUT2D eigenvalue weighted by molar-refractivity contribution is 5.84. The number of benzene rings is 1. The van der Waals surface area contributed by atoms with Gasteiger partial charge in [-0.3, -0.25) is 4.79 Å². The van der Waals surface area contributed by atoms with Crippen LogP contribution in [0.25, 0.3) is 0 Å². The molecule has 2 heterocycles. The summed E-state index contributed by atoms with van der Waals surface area (Å²) in [5, 5.41) is 3.40. The molecule has 1 N–H and O–H groups in total. The lowest BCUT2D eigenvalue weighted by molar-refractivity contribution is -0.157. The highest BCUT2D eigenvalue weighted by Gasteiger charge is 2.48. The van der Waals surface area contributed by atoms with Crippen LogP contribution in [0.2, 0.25) is 0 Å². The highest BCUT2D eigenvalue weighted by atomic mass is 19.1. The summed E-state index contributed by atoms with van der Waals surface area (Å²) in [4.78, 5) is 15.1. The summed E-state index contributed by atoms with van der Waals surface area (Å²) in [5.41, 5.74) is 0.494. The SMILES string of the molecule is O=C1N(Cc2cccc(F)c2)C[C@@H](OCC2CC2)C[C@]12CCCNC2. The quantitative estimate of drug-likeness (QED) is 0.891. The van der Waals surface area contributed by atoms with E-state index in [9.17, 15) is 9.18 Å². The van der Waals surface area contributed by atoms with E-state index in [0.29, 0.717) is 13.1 Å². The molecule has 25 heavy (non-hydrogen) atoms. The number of hydrogen-bond donors (Lipinski definition) is 1. The molecule has 2 saturated heterocycles. The van der Waals surface area contributed by atoms with Crippen molar-refractivity contribution in [2.45, 2.75) is 44.8 Å². The average Bonchev–Trinajstić information content (AvgIpc) is 3.43. The zero-order valence-corrected chi connectivity index (χ0v) is 14.7. The molecule has 0 unspecified atom stereocenters. The maximum Gasteiger partial charge on any atom is 0.230 e. The fraction of sp³-hybridized carbons (Fsp3) is 0.650. The van der Waals surface area contributed by atoms with Gasteiger partial charge in [-0.2, -0.15) is 0 Å². The number of amides is 1. The number of piperidine rings is 2. The van der Waals surface area contributed by atoms with Gasteiger partial charge in [0.25, 0.3) is 0 Å². The molecule has 0 aromatic heterocycles. The van der Waals surface area contributed by atoms with Crippen LogP contribution in [0.4, 0.5) is 4.39 Å². The first kappa shape index (κ1) is 17.0. The summed E-state index contributed by atoms with van der Waals surface area (Å²) >= 11 is 0. The van der Waals surface area contributed by atoms with Crippen molar-refractivity contribution in [3.05, 3.63) is 35.6 Å². The Labute approximate surface area is 148 Å². The molecule has 3 fully saturated rings. The van der Waals surface area contributed by atoms with E-state index in [0.717, 1.165) is 50.4 Å². The minimum atomic E-state index is -0.349. The fourth-order valence-electron chi connectivity index (χ4n) is 4.24. The predicted molar refractivity (Wildman–Crippen MR) is 93.4 cm³/mol. The molecule has 0 radical (unpaired) electrons. The molecule has 2 atom stereocenters. The first-order valence-corrected chi connectivity index (χ1v) is 9.51. The molecule has 0 bridgehead atoms. The first-order valence-electron chi connectivity index (χ1n) is 9.51. The van der Waals surface area contributed by atoms with Crippen LogP contribution in [0.15, 0.2) is 24.3 Å². The van der Waals surface area contributed by atoms with Crippen LogP contribution in [0.1, 0.15) is 37.7 Å². The smallest absolute Gasteiger partial charge is 0.230 e. The molecule has 1 saturated carbocycles.